The Hall–Kier alpha value is -3.72. The van der Waals surface area contributed by atoms with Gasteiger partial charge in [-0.3, -0.25) is 4.90 Å². The highest BCUT2D eigenvalue weighted by Gasteiger charge is 2.34. The number of benzene rings is 2. The van der Waals surface area contributed by atoms with Crippen LogP contribution in [0.25, 0.3) is 0 Å². The summed E-state index contributed by atoms with van der Waals surface area (Å²) >= 11 is 0. The second kappa shape index (κ2) is 11.1. The zero-order valence-corrected chi connectivity index (χ0v) is 20.4. The second-order valence-electron chi connectivity index (χ2n) is 8.35. The van der Waals surface area contributed by atoms with Gasteiger partial charge in [0.15, 0.2) is 0 Å². The number of rotatable bonds is 8. The molecule has 0 radical (unpaired) electrons. The van der Waals surface area contributed by atoms with E-state index in [0.29, 0.717) is 23.6 Å². The molecule has 4 rings (SSSR count). The van der Waals surface area contributed by atoms with Crippen molar-refractivity contribution in [2.24, 2.45) is 0 Å². The fourth-order valence-corrected chi connectivity index (χ4v) is 4.50. The van der Waals surface area contributed by atoms with Crippen LogP contribution in [-0.4, -0.2) is 70.5 Å². The molecule has 2 aromatic carbocycles. The lowest BCUT2D eigenvalue weighted by Gasteiger charge is -2.38. The highest BCUT2D eigenvalue weighted by atomic mass is 16.5. The number of anilines is 1. The van der Waals surface area contributed by atoms with Crippen molar-refractivity contribution in [2.45, 2.75) is 13.0 Å². The third-order valence-electron chi connectivity index (χ3n) is 6.28. The molecule has 0 saturated carbocycles. The zero-order chi connectivity index (χ0) is 24.8. The van der Waals surface area contributed by atoms with Crippen molar-refractivity contribution >= 4 is 17.7 Å². The Morgan fingerprint density at radius 1 is 1.00 bits per heavy atom. The average Bonchev–Trinajstić information content (AvgIpc) is 2.89. The maximum Gasteiger partial charge on any atom is 0.338 e. The van der Waals surface area contributed by atoms with Crippen LogP contribution >= 0.6 is 0 Å². The number of piperazine rings is 1. The Kier molecular flexibility index (Phi) is 7.77. The van der Waals surface area contributed by atoms with Gasteiger partial charge in [0.25, 0.3) is 0 Å². The first-order valence-corrected chi connectivity index (χ1v) is 11.8. The minimum absolute atomic E-state index is 0.247. The molecule has 2 aromatic rings. The number of amides is 2. The van der Waals surface area contributed by atoms with Crippen molar-refractivity contribution < 1.29 is 23.8 Å². The van der Waals surface area contributed by atoms with Gasteiger partial charge in [-0.1, -0.05) is 24.3 Å². The molecule has 9 heteroatoms. The lowest BCUT2D eigenvalue weighted by Crippen LogP contribution is -2.51. The summed E-state index contributed by atoms with van der Waals surface area (Å²) in [5.74, 6) is 1.11. The van der Waals surface area contributed by atoms with E-state index in [1.807, 2.05) is 42.5 Å². The smallest absolute Gasteiger partial charge is 0.338 e. The summed E-state index contributed by atoms with van der Waals surface area (Å²) < 4.78 is 16.1. The molecule has 0 aliphatic carbocycles. The maximum atomic E-state index is 13.0. The van der Waals surface area contributed by atoms with Crippen LogP contribution in [0.1, 0.15) is 18.5 Å². The van der Waals surface area contributed by atoms with Crippen molar-refractivity contribution in [3.8, 4) is 11.5 Å². The molecule has 2 N–H and O–H groups in total. The van der Waals surface area contributed by atoms with Crippen LogP contribution in [0, 0.1) is 0 Å². The fraction of sp³-hybridized carbons (Fsp3) is 0.385. The highest BCUT2D eigenvalue weighted by molar-refractivity contribution is 5.95. The van der Waals surface area contributed by atoms with E-state index in [-0.39, 0.29) is 12.6 Å². The van der Waals surface area contributed by atoms with Crippen LogP contribution in [0.4, 0.5) is 10.5 Å². The third kappa shape index (κ3) is 5.51. The molecule has 1 fully saturated rings. The fourth-order valence-electron chi connectivity index (χ4n) is 4.50. The number of hydrogen-bond acceptors (Lipinski definition) is 7. The van der Waals surface area contributed by atoms with E-state index in [9.17, 15) is 9.59 Å². The predicted molar refractivity (Wildman–Crippen MR) is 133 cm³/mol. The van der Waals surface area contributed by atoms with Crippen molar-refractivity contribution in [3.05, 3.63) is 65.4 Å². The summed E-state index contributed by atoms with van der Waals surface area (Å²) in [5.41, 5.74) is 2.83. The van der Waals surface area contributed by atoms with Gasteiger partial charge in [0.05, 0.1) is 38.1 Å². The number of urea groups is 1. The number of nitrogens with one attached hydrogen (secondary N) is 2. The molecule has 0 bridgehead atoms. The van der Waals surface area contributed by atoms with Crippen molar-refractivity contribution in [1.29, 1.82) is 0 Å². The second-order valence-corrected chi connectivity index (χ2v) is 8.35. The van der Waals surface area contributed by atoms with Crippen molar-refractivity contribution in [1.82, 2.24) is 15.5 Å². The molecule has 186 valence electrons. The molecule has 0 unspecified atom stereocenters. The van der Waals surface area contributed by atoms with Gasteiger partial charge in [-0.15, -0.1) is 0 Å². The number of methoxy groups -OCH3 is 2. The topological polar surface area (TPSA) is 92.4 Å². The van der Waals surface area contributed by atoms with E-state index in [1.165, 1.54) is 0 Å². The van der Waals surface area contributed by atoms with Crippen LogP contribution in [0.15, 0.2) is 59.8 Å². The van der Waals surface area contributed by atoms with Gasteiger partial charge in [0.2, 0.25) is 0 Å². The first-order valence-electron chi connectivity index (χ1n) is 11.8. The van der Waals surface area contributed by atoms with Gasteiger partial charge >= 0.3 is 12.0 Å². The summed E-state index contributed by atoms with van der Waals surface area (Å²) in [6.45, 7) is 5.60. The summed E-state index contributed by atoms with van der Waals surface area (Å²) in [7, 11) is 3.27. The van der Waals surface area contributed by atoms with E-state index in [2.05, 4.69) is 26.5 Å². The van der Waals surface area contributed by atoms with E-state index >= 15 is 0 Å². The molecule has 2 aliphatic heterocycles. The van der Waals surface area contributed by atoms with Crippen LogP contribution < -0.4 is 25.0 Å². The molecule has 1 atom stereocenters. The Balaban J connectivity index is 1.55. The average molecular weight is 481 g/mol. The summed E-state index contributed by atoms with van der Waals surface area (Å²) in [6.07, 6.45) is 0. The van der Waals surface area contributed by atoms with E-state index in [1.54, 1.807) is 21.1 Å². The largest absolute Gasteiger partial charge is 0.497 e. The quantitative estimate of drug-likeness (QED) is 0.562. The number of carbonyl (C=O) groups is 2. The minimum Gasteiger partial charge on any atom is -0.497 e. The Morgan fingerprint density at radius 2 is 1.71 bits per heavy atom. The molecule has 9 nitrogen and oxygen atoms in total. The number of carbonyl (C=O) groups excluding carboxylic acids is 2. The van der Waals surface area contributed by atoms with Crippen LogP contribution in [0.5, 0.6) is 11.5 Å². The van der Waals surface area contributed by atoms with Crippen LogP contribution in [0.3, 0.4) is 0 Å². The zero-order valence-electron chi connectivity index (χ0n) is 20.4. The van der Waals surface area contributed by atoms with Gasteiger partial charge < -0.3 is 29.7 Å². The van der Waals surface area contributed by atoms with E-state index in [4.69, 9.17) is 14.2 Å². The lowest BCUT2D eigenvalue weighted by atomic mass is 9.94. The summed E-state index contributed by atoms with van der Waals surface area (Å²) in [5, 5.41) is 5.74. The molecule has 1 saturated heterocycles. The monoisotopic (exact) mass is 480 g/mol. The lowest BCUT2D eigenvalue weighted by molar-refractivity contribution is -0.139. The van der Waals surface area contributed by atoms with E-state index < -0.39 is 12.0 Å². The first-order chi connectivity index (χ1) is 17.0. The van der Waals surface area contributed by atoms with Crippen molar-refractivity contribution in [3.63, 3.8) is 0 Å². The standard InChI is InChI=1S/C26H32N4O5/c1-4-35-25(31)23-20(27-26(32)28-24(23)18-9-11-19(33-2)12-10-18)17-29-13-15-30(16-14-29)21-7-5-6-8-22(21)34-3/h5-12,24H,4,13-17H2,1-3H3,(H2,27,28,32)/t24-/m1/s1. The van der Waals surface area contributed by atoms with Gasteiger partial charge in [0.1, 0.15) is 11.5 Å². The Labute approximate surface area is 205 Å². The molecule has 2 aliphatic rings. The van der Waals surface area contributed by atoms with Gasteiger partial charge in [-0.25, -0.2) is 9.59 Å². The molecule has 0 aromatic heterocycles. The summed E-state index contributed by atoms with van der Waals surface area (Å²) in [4.78, 5) is 30.1. The van der Waals surface area contributed by atoms with Crippen molar-refractivity contribution in [2.75, 3.05) is 58.5 Å². The van der Waals surface area contributed by atoms with Gasteiger partial charge in [0, 0.05) is 38.4 Å². The van der Waals surface area contributed by atoms with E-state index in [0.717, 1.165) is 43.2 Å². The van der Waals surface area contributed by atoms with Crippen LogP contribution in [0.2, 0.25) is 0 Å². The predicted octanol–water partition coefficient (Wildman–Crippen LogP) is 2.70. The third-order valence-corrected chi connectivity index (χ3v) is 6.28. The number of para-hydroxylation sites is 2. The number of esters is 1. The molecule has 2 heterocycles. The van der Waals surface area contributed by atoms with Gasteiger partial charge in [-0.2, -0.15) is 0 Å². The molecule has 35 heavy (non-hydrogen) atoms. The maximum absolute atomic E-state index is 13.0. The van der Waals surface area contributed by atoms with Gasteiger partial charge in [-0.05, 0) is 36.8 Å². The minimum atomic E-state index is -0.612. The highest BCUT2D eigenvalue weighted by Crippen LogP contribution is 2.31. The molecule has 2 amide bonds. The Bertz CT molecular complexity index is 1080. The number of hydrogen-bond donors (Lipinski definition) is 2. The van der Waals surface area contributed by atoms with Crippen LogP contribution in [-0.2, 0) is 9.53 Å². The summed E-state index contributed by atoms with van der Waals surface area (Å²) in [6, 6.07) is 14.3. The number of ether oxygens (including phenoxy) is 3. The normalized spacial score (nSPS) is 18.5. The molecule has 0 spiro atoms. The number of nitrogens with zero attached hydrogens (tertiary/aromatic N) is 2. The SMILES string of the molecule is CCOC(=O)C1=C(CN2CCN(c3ccccc3OC)CC2)NC(=O)N[C@@H]1c1ccc(OC)cc1. The first kappa shape index (κ1) is 24.4. The molecular formula is C26H32N4O5. The molecular weight excluding hydrogens is 448 g/mol. The Morgan fingerprint density at radius 3 is 2.37 bits per heavy atom.